The Balaban J connectivity index is 1.76. The lowest BCUT2D eigenvalue weighted by Crippen LogP contribution is -2.25. The van der Waals surface area contributed by atoms with Crippen molar-refractivity contribution in [3.63, 3.8) is 0 Å². The second-order valence-corrected chi connectivity index (χ2v) is 5.65. The van der Waals surface area contributed by atoms with E-state index in [1.165, 1.54) is 48.5 Å². The Bertz CT molecular complexity index is 814. The van der Waals surface area contributed by atoms with Crippen molar-refractivity contribution in [2.75, 3.05) is 13.2 Å². The minimum atomic E-state index is -1.48. The van der Waals surface area contributed by atoms with Gasteiger partial charge in [-0.1, -0.05) is 36.4 Å². The number of carbonyl (C=O) groups is 4. The second kappa shape index (κ2) is 9.86. The molecular weight excluding hydrogens is 368 g/mol. The summed E-state index contributed by atoms with van der Waals surface area (Å²) in [5.74, 6) is -4.54. The molecule has 0 heterocycles. The first-order valence-electron chi connectivity index (χ1n) is 8.37. The normalized spacial score (nSPS) is 10.1. The summed E-state index contributed by atoms with van der Waals surface area (Å²) in [6.07, 6.45) is 0.712. The Morgan fingerprint density at radius 3 is 1.25 bits per heavy atom. The number of hydrogen-bond donors (Lipinski definition) is 0. The van der Waals surface area contributed by atoms with E-state index in [1.54, 1.807) is 0 Å². The molecule has 146 valence electrons. The molecule has 8 heteroatoms. The standard InChI is InChI=1S/C20H18O8/c21-17(22)13-7-1-3-9-15(13)19(25)27-11-5-6-12-28-20(26)16-10-4-2-8-14(16)18(23)24/h1-4,7-10H,5-6,11-12H2,(H,21,22)(H,23,24)/p-2. The van der Waals surface area contributed by atoms with Crippen molar-refractivity contribution in [2.24, 2.45) is 0 Å². The fraction of sp³-hybridized carbons (Fsp3) is 0.200. The third-order valence-corrected chi connectivity index (χ3v) is 3.74. The smallest absolute Gasteiger partial charge is 0.338 e. The molecule has 0 bridgehead atoms. The lowest BCUT2D eigenvalue weighted by Gasteiger charge is -2.11. The van der Waals surface area contributed by atoms with Gasteiger partial charge in [0.05, 0.1) is 36.3 Å². The first-order chi connectivity index (χ1) is 13.4. The van der Waals surface area contributed by atoms with Crippen LogP contribution in [0.3, 0.4) is 0 Å². The van der Waals surface area contributed by atoms with Gasteiger partial charge in [-0.15, -0.1) is 0 Å². The highest BCUT2D eigenvalue weighted by molar-refractivity contribution is 6.02. The molecule has 0 aliphatic heterocycles. The number of aromatic carboxylic acids is 2. The molecule has 28 heavy (non-hydrogen) atoms. The molecule has 0 radical (unpaired) electrons. The van der Waals surface area contributed by atoms with Crippen LogP contribution in [0.15, 0.2) is 48.5 Å². The number of hydrogen-bond acceptors (Lipinski definition) is 8. The van der Waals surface area contributed by atoms with Gasteiger partial charge in [0.25, 0.3) is 0 Å². The van der Waals surface area contributed by atoms with Crippen LogP contribution in [0.4, 0.5) is 0 Å². The largest absolute Gasteiger partial charge is 0.545 e. The van der Waals surface area contributed by atoms with Crippen LogP contribution in [-0.4, -0.2) is 37.1 Å². The Labute approximate surface area is 160 Å². The van der Waals surface area contributed by atoms with Gasteiger partial charge in [0.1, 0.15) is 0 Å². The molecule has 0 aliphatic carbocycles. The van der Waals surface area contributed by atoms with Gasteiger partial charge >= 0.3 is 11.9 Å². The third kappa shape index (κ3) is 5.41. The summed E-state index contributed by atoms with van der Waals surface area (Å²) in [5, 5.41) is 22.0. The van der Waals surface area contributed by atoms with Crippen LogP contribution >= 0.6 is 0 Å². The zero-order valence-electron chi connectivity index (χ0n) is 14.7. The molecule has 0 atom stereocenters. The van der Waals surface area contributed by atoms with Crippen LogP contribution in [0.5, 0.6) is 0 Å². The van der Waals surface area contributed by atoms with Crippen molar-refractivity contribution >= 4 is 23.9 Å². The predicted octanol–water partition coefficient (Wildman–Crippen LogP) is 0.208. The molecule has 2 aromatic rings. The molecule has 2 rings (SSSR count). The van der Waals surface area contributed by atoms with Gasteiger partial charge < -0.3 is 29.3 Å². The molecule has 0 amide bonds. The van der Waals surface area contributed by atoms with E-state index in [0.717, 1.165) is 0 Å². The monoisotopic (exact) mass is 384 g/mol. The van der Waals surface area contributed by atoms with Crippen molar-refractivity contribution in [1.82, 2.24) is 0 Å². The maximum atomic E-state index is 11.9. The number of carbonyl (C=O) groups excluding carboxylic acids is 4. The van der Waals surface area contributed by atoms with Gasteiger partial charge in [-0.3, -0.25) is 0 Å². The highest BCUT2D eigenvalue weighted by atomic mass is 16.5. The molecule has 0 N–H and O–H groups in total. The average molecular weight is 384 g/mol. The molecule has 0 aromatic heterocycles. The van der Waals surface area contributed by atoms with Crippen molar-refractivity contribution in [3.8, 4) is 0 Å². The summed E-state index contributed by atoms with van der Waals surface area (Å²) in [7, 11) is 0. The van der Waals surface area contributed by atoms with Crippen molar-refractivity contribution in [1.29, 1.82) is 0 Å². The Morgan fingerprint density at radius 1 is 0.607 bits per heavy atom. The van der Waals surface area contributed by atoms with Crippen molar-refractivity contribution < 1.29 is 38.9 Å². The van der Waals surface area contributed by atoms with E-state index in [9.17, 15) is 29.4 Å². The first kappa shape index (κ1) is 20.6. The zero-order valence-corrected chi connectivity index (χ0v) is 14.7. The van der Waals surface area contributed by atoms with Gasteiger partial charge in [-0.2, -0.15) is 0 Å². The quantitative estimate of drug-likeness (QED) is 0.442. The van der Waals surface area contributed by atoms with Gasteiger partial charge in [0.15, 0.2) is 0 Å². The molecule has 0 fully saturated rings. The Hall–Kier alpha value is -3.68. The number of ether oxygens (including phenoxy) is 2. The Morgan fingerprint density at radius 2 is 0.929 bits per heavy atom. The SMILES string of the molecule is O=C([O-])c1ccccc1C(=O)OCCCCOC(=O)c1ccccc1C(=O)[O-]. The maximum absolute atomic E-state index is 11.9. The molecule has 0 saturated heterocycles. The number of carboxylic acid groups (broad SMARTS) is 2. The average Bonchev–Trinajstić information content (AvgIpc) is 2.70. The summed E-state index contributed by atoms with van der Waals surface area (Å²) in [6.45, 7) is -0.0131. The molecule has 0 saturated carbocycles. The minimum absolute atomic E-state index is 0.00655. The van der Waals surface area contributed by atoms with E-state index in [2.05, 4.69) is 0 Å². The number of carboxylic acids is 2. The van der Waals surface area contributed by atoms with Crippen LogP contribution in [0.2, 0.25) is 0 Å². The maximum Gasteiger partial charge on any atom is 0.338 e. The van der Waals surface area contributed by atoms with Crippen LogP contribution in [-0.2, 0) is 9.47 Å². The van der Waals surface area contributed by atoms with Crippen molar-refractivity contribution in [3.05, 3.63) is 70.8 Å². The molecular formula is C20H16O8-2. The molecule has 8 nitrogen and oxygen atoms in total. The van der Waals surface area contributed by atoms with E-state index in [1.807, 2.05) is 0 Å². The zero-order chi connectivity index (χ0) is 20.5. The van der Waals surface area contributed by atoms with Crippen LogP contribution in [0.25, 0.3) is 0 Å². The third-order valence-electron chi connectivity index (χ3n) is 3.74. The number of unbranched alkanes of at least 4 members (excludes halogenated alkanes) is 1. The number of rotatable bonds is 9. The molecule has 0 unspecified atom stereocenters. The number of benzene rings is 2. The second-order valence-electron chi connectivity index (χ2n) is 5.65. The Kier molecular flexibility index (Phi) is 7.27. The summed E-state index contributed by atoms with van der Waals surface area (Å²) in [6, 6.07) is 11.1. The highest BCUT2D eigenvalue weighted by Crippen LogP contribution is 2.11. The molecule has 2 aromatic carbocycles. The van der Waals surface area contributed by atoms with Gasteiger partial charge in [-0.05, 0) is 25.0 Å². The summed E-state index contributed by atoms with van der Waals surface area (Å²) in [4.78, 5) is 45.8. The van der Waals surface area contributed by atoms with E-state index in [0.29, 0.717) is 12.8 Å². The minimum Gasteiger partial charge on any atom is -0.545 e. The van der Waals surface area contributed by atoms with Gasteiger partial charge in [0, 0.05) is 11.1 Å². The molecule has 0 spiro atoms. The number of esters is 2. The lowest BCUT2D eigenvalue weighted by molar-refractivity contribution is -0.256. The van der Waals surface area contributed by atoms with E-state index in [4.69, 9.17) is 9.47 Å². The van der Waals surface area contributed by atoms with Crippen LogP contribution < -0.4 is 10.2 Å². The predicted molar refractivity (Wildman–Crippen MR) is 91.3 cm³/mol. The van der Waals surface area contributed by atoms with E-state index < -0.39 is 23.9 Å². The van der Waals surface area contributed by atoms with Gasteiger partial charge in [0.2, 0.25) is 0 Å². The summed E-state index contributed by atoms with van der Waals surface area (Å²) >= 11 is 0. The topological polar surface area (TPSA) is 133 Å². The van der Waals surface area contributed by atoms with Gasteiger partial charge in [-0.25, -0.2) is 9.59 Å². The lowest BCUT2D eigenvalue weighted by atomic mass is 10.1. The van der Waals surface area contributed by atoms with E-state index in [-0.39, 0.29) is 35.5 Å². The van der Waals surface area contributed by atoms with Crippen molar-refractivity contribution in [2.45, 2.75) is 12.8 Å². The molecule has 0 aliphatic rings. The summed E-state index contributed by atoms with van der Waals surface area (Å²) in [5.41, 5.74) is -0.721. The van der Waals surface area contributed by atoms with Crippen LogP contribution in [0.1, 0.15) is 54.3 Å². The van der Waals surface area contributed by atoms with Crippen LogP contribution in [0, 0.1) is 0 Å². The summed E-state index contributed by atoms with van der Waals surface area (Å²) < 4.78 is 10.0. The highest BCUT2D eigenvalue weighted by Gasteiger charge is 2.14. The fourth-order valence-electron chi connectivity index (χ4n) is 2.37. The van der Waals surface area contributed by atoms with E-state index >= 15 is 0 Å². The first-order valence-corrected chi connectivity index (χ1v) is 8.37. The fourth-order valence-corrected chi connectivity index (χ4v) is 2.37.